The molecule has 0 aliphatic heterocycles. The Morgan fingerprint density at radius 1 is 0.792 bits per heavy atom. The van der Waals surface area contributed by atoms with E-state index in [1.807, 2.05) is 30.3 Å². The average molecular weight is 330 g/mol. The fraction of sp³-hybridized carbons (Fsp3) is 0.333. The lowest BCUT2D eigenvalue weighted by Crippen LogP contribution is -2.31. The molecule has 0 atom stereocenters. The number of ether oxygens (including phenoxy) is 2. The molecule has 0 saturated carbocycles. The van der Waals surface area contributed by atoms with Crippen LogP contribution < -0.4 is 22.1 Å². The zero-order chi connectivity index (χ0) is 17.5. The van der Waals surface area contributed by atoms with Crippen molar-refractivity contribution in [3.63, 3.8) is 0 Å². The predicted molar refractivity (Wildman–Crippen MR) is 101 cm³/mol. The number of nitrogens with zero attached hydrogens (tertiary/aromatic N) is 1. The smallest absolute Gasteiger partial charge is 0.0637 e. The lowest BCUT2D eigenvalue weighted by atomic mass is 9.99. The molecular formula is C18H26N4O2. The molecule has 0 saturated heterocycles. The van der Waals surface area contributed by atoms with Crippen LogP contribution in [0.2, 0.25) is 0 Å². The molecule has 6 heteroatoms. The second-order valence-corrected chi connectivity index (χ2v) is 5.60. The van der Waals surface area contributed by atoms with Gasteiger partial charge in [-0.05, 0) is 30.3 Å². The molecule has 0 bridgehead atoms. The number of anilines is 4. The third-order valence-corrected chi connectivity index (χ3v) is 3.86. The van der Waals surface area contributed by atoms with Crippen LogP contribution in [0.5, 0.6) is 0 Å². The standard InChI is InChI=1S/C18H26N4O2/c1-23-9-7-22(8-10-24-2)18-6-4-13(19)11-16(18)15-5-3-14(20)12-17(15)21/h3-6,11-12H,7-10,19-21H2,1-2H3. The minimum absolute atomic E-state index is 0.616. The van der Waals surface area contributed by atoms with Gasteiger partial charge in [0.15, 0.2) is 0 Å². The van der Waals surface area contributed by atoms with Gasteiger partial charge in [0.05, 0.1) is 13.2 Å². The Kier molecular flexibility index (Phi) is 6.28. The number of nitrogens with two attached hydrogens (primary N) is 3. The molecule has 0 fully saturated rings. The minimum Gasteiger partial charge on any atom is -0.399 e. The van der Waals surface area contributed by atoms with E-state index < -0.39 is 0 Å². The van der Waals surface area contributed by atoms with Crippen molar-refractivity contribution in [1.29, 1.82) is 0 Å². The van der Waals surface area contributed by atoms with Gasteiger partial charge in [0.1, 0.15) is 0 Å². The summed E-state index contributed by atoms with van der Waals surface area (Å²) < 4.78 is 10.5. The van der Waals surface area contributed by atoms with E-state index in [1.54, 1.807) is 20.3 Å². The first kappa shape index (κ1) is 17.9. The van der Waals surface area contributed by atoms with E-state index in [-0.39, 0.29) is 0 Å². The van der Waals surface area contributed by atoms with Gasteiger partial charge in [0.2, 0.25) is 0 Å². The van der Waals surface area contributed by atoms with E-state index in [0.717, 1.165) is 29.9 Å². The van der Waals surface area contributed by atoms with Crippen LogP contribution in [-0.2, 0) is 9.47 Å². The van der Waals surface area contributed by atoms with Gasteiger partial charge in [-0.1, -0.05) is 6.07 Å². The van der Waals surface area contributed by atoms with Gasteiger partial charge in [-0.2, -0.15) is 0 Å². The number of hydrogen-bond donors (Lipinski definition) is 3. The Hall–Kier alpha value is -2.44. The first-order valence-electron chi connectivity index (χ1n) is 7.84. The number of methoxy groups -OCH3 is 2. The summed E-state index contributed by atoms with van der Waals surface area (Å²) >= 11 is 0. The van der Waals surface area contributed by atoms with Crippen molar-refractivity contribution < 1.29 is 9.47 Å². The highest BCUT2D eigenvalue weighted by Gasteiger charge is 2.15. The minimum atomic E-state index is 0.616. The molecule has 0 heterocycles. The van der Waals surface area contributed by atoms with Gasteiger partial charge in [-0.3, -0.25) is 0 Å². The van der Waals surface area contributed by atoms with Gasteiger partial charge in [-0.25, -0.2) is 0 Å². The molecule has 2 aromatic rings. The molecule has 0 aliphatic carbocycles. The summed E-state index contributed by atoms with van der Waals surface area (Å²) in [6.45, 7) is 2.72. The van der Waals surface area contributed by atoms with Crippen molar-refractivity contribution in [3.05, 3.63) is 36.4 Å². The second-order valence-electron chi connectivity index (χ2n) is 5.60. The maximum Gasteiger partial charge on any atom is 0.0637 e. The molecule has 0 amide bonds. The number of benzene rings is 2. The normalized spacial score (nSPS) is 10.8. The Morgan fingerprint density at radius 2 is 1.38 bits per heavy atom. The summed E-state index contributed by atoms with van der Waals surface area (Å²) in [7, 11) is 3.38. The summed E-state index contributed by atoms with van der Waals surface area (Å²) in [5.41, 5.74) is 22.9. The second kappa shape index (κ2) is 8.42. The van der Waals surface area contributed by atoms with Crippen molar-refractivity contribution in [2.24, 2.45) is 0 Å². The molecule has 2 rings (SSSR count). The van der Waals surface area contributed by atoms with Crippen molar-refractivity contribution in [2.45, 2.75) is 0 Å². The first-order valence-corrected chi connectivity index (χ1v) is 7.84. The third kappa shape index (κ3) is 4.31. The largest absolute Gasteiger partial charge is 0.399 e. The van der Waals surface area contributed by atoms with Crippen molar-refractivity contribution in [2.75, 3.05) is 62.6 Å². The Morgan fingerprint density at radius 3 is 1.96 bits per heavy atom. The van der Waals surface area contributed by atoms with Crippen LogP contribution in [0.3, 0.4) is 0 Å². The van der Waals surface area contributed by atoms with Crippen molar-refractivity contribution in [3.8, 4) is 11.1 Å². The molecule has 24 heavy (non-hydrogen) atoms. The van der Waals surface area contributed by atoms with E-state index in [1.165, 1.54) is 0 Å². The summed E-state index contributed by atoms with van der Waals surface area (Å²) in [6, 6.07) is 11.4. The van der Waals surface area contributed by atoms with Crippen LogP contribution in [0.15, 0.2) is 36.4 Å². The Labute approximate surface area is 143 Å². The van der Waals surface area contributed by atoms with Crippen molar-refractivity contribution >= 4 is 22.7 Å². The highest BCUT2D eigenvalue weighted by molar-refractivity contribution is 5.88. The maximum atomic E-state index is 6.18. The molecule has 0 aromatic heterocycles. The number of hydrogen-bond acceptors (Lipinski definition) is 6. The number of nitrogen functional groups attached to an aromatic ring is 3. The zero-order valence-corrected chi connectivity index (χ0v) is 14.3. The van der Waals surface area contributed by atoms with E-state index in [4.69, 9.17) is 26.7 Å². The topological polar surface area (TPSA) is 99.8 Å². The van der Waals surface area contributed by atoms with Gasteiger partial charge in [-0.15, -0.1) is 0 Å². The van der Waals surface area contributed by atoms with Gasteiger partial charge in [0.25, 0.3) is 0 Å². The van der Waals surface area contributed by atoms with E-state index in [0.29, 0.717) is 30.3 Å². The van der Waals surface area contributed by atoms with Gasteiger partial charge < -0.3 is 31.6 Å². The fourth-order valence-electron chi connectivity index (χ4n) is 2.63. The van der Waals surface area contributed by atoms with Crippen LogP contribution in [0.4, 0.5) is 22.7 Å². The molecule has 6 nitrogen and oxygen atoms in total. The predicted octanol–water partition coefficient (Wildman–Crippen LogP) is 2.20. The van der Waals surface area contributed by atoms with Crippen LogP contribution in [0, 0.1) is 0 Å². The van der Waals surface area contributed by atoms with Gasteiger partial charge in [0, 0.05) is 61.2 Å². The van der Waals surface area contributed by atoms with Crippen LogP contribution >= 0.6 is 0 Å². The Bertz CT molecular complexity index is 668. The summed E-state index contributed by atoms with van der Waals surface area (Å²) in [6.07, 6.45) is 0. The molecule has 2 aromatic carbocycles. The van der Waals surface area contributed by atoms with Crippen LogP contribution in [0.1, 0.15) is 0 Å². The molecule has 0 aliphatic rings. The quantitative estimate of drug-likeness (QED) is 0.642. The number of rotatable bonds is 8. The highest BCUT2D eigenvalue weighted by atomic mass is 16.5. The fourth-order valence-corrected chi connectivity index (χ4v) is 2.63. The maximum absolute atomic E-state index is 6.18. The zero-order valence-electron chi connectivity index (χ0n) is 14.3. The van der Waals surface area contributed by atoms with Crippen LogP contribution in [0.25, 0.3) is 11.1 Å². The summed E-state index contributed by atoms with van der Waals surface area (Å²) in [5, 5.41) is 0. The molecular weight excluding hydrogens is 304 g/mol. The first-order chi connectivity index (χ1) is 11.6. The van der Waals surface area contributed by atoms with E-state index in [9.17, 15) is 0 Å². The summed E-state index contributed by atoms with van der Waals surface area (Å²) in [5.74, 6) is 0. The van der Waals surface area contributed by atoms with E-state index >= 15 is 0 Å². The molecule has 0 unspecified atom stereocenters. The lowest BCUT2D eigenvalue weighted by molar-refractivity contribution is 0.190. The average Bonchev–Trinajstić information content (AvgIpc) is 2.55. The molecule has 0 radical (unpaired) electrons. The third-order valence-electron chi connectivity index (χ3n) is 3.86. The molecule has 0 spiro atoms. The molecule has 6 N–H and O–H groups in total. The van der Waals surface area contributed by atoms with E-state index in [2.05, 4.69) is 4.90 Å². The SMILES string of the molecule is COCCN(CCOC)c1ccc(N)cc1-c1ccc(N)cc1N. The molecule has 130 valence electrons. The summed E-state index contributed by atoms with van der Waals surface area (Å²) in [4.78, 5) is 2.21. The Balaban J connectivity index is 2.48. The monoisotopic (exact) mass is 330 g/mol. The van der Waals surface area contributed by atoms with Gasteiger partial charge >= 0.3 is 0 Å². The highest BCUT2D eigenvalue weighted by Crippen LogP contribution is 2.36. The van der Waals surface area contributed by atoms with Crippen LogP contribution in [-0.4, -0.2) is 40.5 Å². The lowest BCUT2D eigenvalue weighted by Gasteiger charge is -2.27. The van der Waals surface area contributed by atoms with Crippen molar-refractivity contribution in [1.82, 2.24) is 0 Å².